The van der Waals surface area contributed by atoms with Crippen molar-refractivity contribution in [3.8, 4) is 6.07 Å². The highest BCUT2D eigenvalue weighted by Crippen LogP contribution is 2.33. The molecule has 0 spiro atoms. The Morgan fingerprint density at radius 2 is 2.33 bits per heavy atom. The van der Waals surface area contributed by atoms with Crippen molar-refractivity contribution in [1.29, 1.82) is 5.26 Å². The molecular weight excluding hydrogens is 224 g/mol. The summed E-state index contributed by atoms with van der Waals surface area (Å²) in [4.78, 5) is 2.35. The van der Waals surface area contributed by atoms with Crippen molar-refractivity contribution in [1.82, 2.24) is 0 Å². The molecule has 0 saturated carbocycles. The van der Waals surface area contributed by atoms with Crippen molar-refractivity contribution < 1.29 is 5.11 Å². The molecule has 0 radical (unpaired) electrons. The van der Waals surface area contributed by atoms with E-state index < -0.39 is 6.10 Å². The first-order valence-corrected chi connectivity index (χ1v) is 6.66. The number of nitriles is 1. The quantitative estimate of drug-likeness (QED) is 0.889. The van der Waals surface area contributed by atoms with E-state index in [9.17, 15) is 5.11 Å². The van der Waals surface area contributed by atoms with Crippen LogP contribution in [0.15, 0.2) is 18.2 Å². The Labute approximate surface area is 109 Å². The summed E-state index contributed by atoms with van der Waals surface area (Å²) in [7, 11) is 0. The predicted octanol–water partition coefficient (Wildman–Crippen LogP) is 2.99. The molecule has 1 fully saturated rings. The molecule has 1 aliphatic rings. The molecule has 1 aromatic carbocycles. The van der Waals surface area contributed by atoms with Crippen LogP contribution in [-0.4, -0.2) is 17.7 Å². The summed E-state index contributed by atoms with van der Waals surface area (Å²) in [6.45, 7) is 4.99. The smallest absolute Gasteiger partial charge is 0.0992 e. The summed E-state index contributed by atoms with van der Waals surface area (Å²) in [5.41, 5.74) is 2.62. The lowest BCUT2D eigenvalue weighted by Gasteiger charge is -2.29. The van der Waals surface area contributed by atoms with Crippen molar-refractivity contribution in [3.05, 3.63) is 29.3 Å². The van der Waals surface area contributed by atoms with Gasteiger partial charge in [0.05, 0.1) is 17.7 Å². The summed E-state index contributed by atoms with van der Waals surface area (Å²) in [5.74, 6) is 0. The van der Waals surface area contributed by atoms with E-state index in [1.54, 1.807) is 13.0 Å². The number of rotatable bonds is 3. The normalized spacial score (nSPS) is 20.8. The van der Waals surface area contributed by atoms with Crippen molar-refractivity contribution in [2.75, 3.05) is 11.4 Å². The van der Waals surface area contributed by atoms with E-state index in [1.165, 1.54) is 12.8 Å². The maximum absolute atomic E-state index is 9.88. The van der Waals surface area contributed by atoms with Gasteiger partial charge in [0.1, 0.15) is 0 Å². The van der Waals surface area contributed by atoms with Crippen molar-refractivity contribution in [2.45, 2.75) is 45.3 Å². The summed E-state index contributed by atoms with van der Waals surface area (Å²) in [6, 6.07) is 8.29. The van der Waals surface area contributed by atoms with Crippen LogP contribution in [0.5, 0.6) is 0 Å². The zero-order valence-electron chi connectivity index (χ0n) is 11.1. The number of hydrogen-bond acceptors (Lipinski definition) is 3. The van der Waals surface area contributed by atoms with Gasteiger partial charge < -0.3 is 10.0 Å². The maximum atomic E-state index is 9.88. The number of aliphatic hydroxyl groups is 1. The average Bonchev–Trinajstić information content (AvgIpc) is 2.85. The lowest BCUT2D eigenvalue weighted by atomic mass is 10.0. The molecule has 0 bridgehead atoms. The molecule has 0 aliphatic carbocycles. The SMILES string of the molecule is CCC1CCCN1c1cc(C#N)ccc1[C@@H](C)O. The maximum Gasteiger partial charge on any atom is 0.0992 e. The van der Waals surface area contributed by atoms with E-state index in [4.69, 9.17) is 5.26 Å². The number of anilines is 1. The van der Waals surface area contributed by atoms with Crippen LogP contribution < -0.4 is 4.90 Å². The van der Waals surface area contributed by atoms with Gasteiger partial charge in [0.25, 0.3) is 0 Å². The Hall–Kier alpha value is -1.53. The largest absolute Gasteiger partial charge is 0.389 e. The zero-order valence-corrected chi connectivity index (χ0v) is 11.1. The van der Waals surface area contributed by atoms with Gasteiger partial charge in [-0.25, -0.2) is 0 Å². The fourth-order valence-corrected chi connectivity index (χ4v) is 2.79. The molecule has 1 saturated heterocycles. The molecule has 1 unspecified atom stereocenters. The fraction of sp³-hybridized carbons (Fsp3) is 0.533. The number of nitrogens with zero attached hydrogens (tertiary/aromatic N) is 2. The Morgan fingerprint density at radius 1 is 1.56 bits per heavy atom. The lowest BCUT2D eigenvalue weighted by Crippen LogP contribution is -2.29. The van der Waals surface area contributed by atoms with E-state index in [-0.39, 0.29) is 0 Å². The number of aliphatic hydroxyl groups excluding tert-OH is 1. The number of benzene rings is 1. The monoisotopic (exact) mass is 244 g/mol. The Bertz CT molecular complexity index is 462. The minimum atomic E-state index is -0.495. The Kier molecular flexibility index (Phi) is 3.88. The highest BCUT2D eigenvalue weighted by atomic mass is 16.3. The molecule has 1 aromatic rings. The minimum absolute atomic E-state index is 0.495. The van der Waals surface area contributed by atoms with Crippen LogP contribution in [0.25, 0.3) is 0 Å². The average molecular weight is 244 g/mol. The van der Waals surface area contributed by atoms with E-state index >= 15 is 0 Å². The molecule has 3 heteroatoms. The molecule has 3 nitrogen and oxygen atoms in total. The molecule has 1 aliphatic heterocycles. The van der Waals surface area contributed by atoms with Gasteiger partial charge in [-0.05, 0) is 38.3 Å². The Morgan fingerprint density at radius 3 is 2.94 bits per heavy atom. The van der Waals surface area contributed by atoms with E-state index in [0.717, 1.165) is 24.2 Å². The van der Waals surface area contributed by atoms with Gasteiger partial charge in [-0.1, -0.05) is 13.0 Å². The zero-order chi connectivity index (χ0) is 13.1. The third kappa shape index (κ3) is 2.34. The van der Waals surface area contributed by atoms with Gasteiger partial charge in [0, 0.05) is 23.8 Å². The molecule has 2 rings (SSSR count). The first-order valence-electron chi connectivity index (χ1n) is 6.66. The second kappa shape index (κ2) is 5.41. The van der Waals surface area contributed by atoms with Crippen molar-refractivity contribution >= 4 is 5.69 Å². The van der Waals surface area contributed by atoms with Gasteiger partial charge in [-0.2, -0.15) is 5.26 Å². The van der Waals surface area contributed by atoms with E-state index in [0.29, 0.717) is 11.6 Å². The fourth-order valence-electron chi connectivity index (χ4n) is 2.79. The van der Waals surface area contributed by atoms with E-state index in [1.807, 2.05) is 12.1 Å². The summed E-state index contributed by atoms with van der Waals surface area (Å²) in [5, 5.41) is 18.9. The molecule has 2 atom stereocenters. The molecule has 1 N–H and O–H groups in total. The van der Waals surface area contributed by atoms with Gasteiger partial charge in [0.15, 0.2) is 0 Å². The van der Waals surface area contributed by atoms with Gasteiger partial charge in [-0.15, -0.1) is 0 Å². The number of hydrogen-bond donors (Lipinski definition) is 1. The van der Waals surface area contributed by atoms with Crippen LogP contribution in [0, 0.1) is 11.3 Å². The van der Waals surface area contributed by atoms with Crippen LogP contribution in [0.4, 0.5) is 5.69 Å². The highest BCUT2D eigenvalue weighted by molar-refractivity contribution is 5.59. The molecule has 0 amide bonds. The van der Waals surface area contributed by atoms with Crippen LogP contribution in [0.2, 0.25) is 0 Å². The van der Waals surface area contributed by atoms with Gasteiger partial charge in [-0.3, -0.25) is 0 Å². The molecular formula is C15H20N2O. The first kappa shape index (κ1) is 12.9. The topological polar surface area (TPSA) is 47.3 Å². The summed E-state index contributed by atoms with van der Waals surface area (Å²) in [6.07, 6.45) is 3.00. The molecule has 18 heavy (non-hydrogen) atoms. The van der Waals surface area contributed by atoms with E-state index in [2.05, 4.69) is 17.9 Å². The highest BCUT2D eigenvalue weighted by Gasteiger charge is 2.26. The second-order valence-electron chi connectivity index (χ2n) is 4.96. The predicted molar refractivity (Wildman–Crippen MR) is 72.4 cm³/mol. The van der Waals surface area contributed by atoms with Crippen LogP contribution in [0.3, 0.4) is 0 Å². The Balaban J connectivity index is 2.43. The molecule has 0 aromatic heterocycles. The van der Waals surface area contributed by atoms with Crippen molar-refractivity contribution in [3.63, 3.8) is 0 Å². The molecule has 96 valence electrons. The summed E-state index contributed by atoms with van der Waals surface area (Å²) < 4.78 is 0. The summed E-state index contributed by atoms with van der Waals surface area (Å²) >= 11 is 0. The van der Waals surface area contributed by atoms with Crippen LogP contribution >= 0.6 is 0 Å². The van der Waals surface area contributed by atoms with Gasteiger partial charge >= 0.3 is 0 Å². The minimum Gasteiger partial charge on any atom is -0.389 e. The van der Waals surface area contributed by atoms with Crippen LogP contribution in [0.1, 0.15) is 50.3 Å². The standard InChI is InChI=1S/C15H20N2O/c1-3-13-5-4-8-17(13)15-9-12(10-16)6-7-14(15)11(2)18/h6-7,9,11,13,18H,3-5,8H2,1-2H3/t11-,13?/m1/s1. The van der Waals surface area contributed by atoms with Gasteiger partial charge in [0.2, 0.25) is 0 Å². The lowest BCUT2D eigenvalue weighted by molar-refractivity contribution is 0.199. The third-order valence-electron chi connectivity index (χ3n) is 3.77. The molecule has 1 heterocycles. The third-order valence-corrected chi connectivity index (χ3v) is 3.77. The first-order chi connectivity index (χ1) is 8.67. The second-order valence-corrected chi connectivity index (χ2v) is 4.96. The van der Waals surface area contributed by atoms with Crippen molar-refractivity contribution in [2.24, 2.45) is 0 Å². The van der Waals surface area contributed by atoms with Crippen LogP contribution in [-0.2, 0) is 0 Å².